The van der Waals surface area contributed by atoms with Crippen molar-refractivity contribution in [3.8, 4) is 0 Å². The standard InChI is InChI=1S/C53H102O6/c1-6-7-8-9-26-33-38-43-51(54)57-46-50(47-58-52(55)44-39-34-29-24-20-17-16-19-23-28-32-37-42-49(4)5)59-53(56)45-40-35-30-25-21-15-13-11-10-12-14-18-22-27-31-36-41-48(2)3/h48-50H,6-47H2,1-5H3/t50-/m0/s1. The maximum atomic E-state index is 12.8. The number of rotatable bonds is 47. The molecule has 0 amide bonds. The number of ether oxygens (including phenoxy) is 3. The van der Waals surface area contributed by atoms with E-state index in [9.17, 15) is 14.4 Å². The molecule has 0 saturated carbocycles. The van der Waals surface area contributed by atoms with Gasteiger partial charge in [-0.05, 0) is 31.1 Å². The first kappa shape index (κ1) is 57.4. The van der Waals surface area contributed by atoms with Gasteiger partial charge in [-0.15, -0.1) is 0 Å². The predicted molar refractivity (Wildman–Crippen MR) is 252 cm³/mol. The Hall–Kier alpha value is -1.59. The Bertz CT molecular complexity index is 900. The fourth-order valence-corrected chi connectivity index (χ4v) is 7.99. The molecule has 0 aromatic rings. The highest BCUT2D eigenvalue weighted by molar-refractivity contribution is 5.71. The highest BCUT2D eigenvalue weighted by atomic mass is 16.6. The Morgan fingerprint density at radius 1 is 0.322 bits per heavy atom. The van der Waals surface area contributed by atoms with Crippen molar-refractivity contribution in [1.82, 2.24) is 0 Å². The van der Waals surface area contributed by atoms with Crippen LogP contribution in [0.15, 0.2) is 0 Å². The maximum absolute atomic E-state index is 12.8. The Kier molecular flexibility index (Phi) is 44.7. The lowest BCUT2D eigenvalue weighted by atomic mass is 10.0. The van der Waals surface area contributed by atoms with Crippen LogP contribution in [0.3, 0.4) is 0 Å². The molecule has 0 heterocycles. The average Bonchev–Trinajstić information content (AvgIpc) is 3.20. The lowest BCUT2D eigenvalue weighted by molar-refractivity contribution is -0.167. The highest BCUT2D eigenvalue weighted by Crippen LogP contribution is 2.17. The lowest BCUT2D eigenvalue weighted by Gasteiger charge is -2.18. The molecule has 0 aromatic heterocycles. The third kappa shape index (κ3) is 47.3. The van der Waals surface area contributed by atoms with Crippen molar-refractivity contribution in [2.24, 2.45) is 11.8 Å². The number of carbonyl (C=O) groups excluding carboxylic acids is 3. The topological polar surface area (TPSA) is 78.9 Å². The van der Waals surface area contributed by atoms with Gasteiger partial charge in [0.05, 0.1) is 0 Å². The lowest BCUT2D eigenvalue weighted by Crippen LogP contribution is -2.30. The van der Waals surface area contributed by atoms with E-state index in [1.807, 2.05) is 0 Å². The van der Waals surface area contributed by atoms with Crippen LogP contribution < -0.4 is 0 Å². The van der Waals surface area contributed by atoms with Gasteiger partial charge in [0.25, 0.3) is 0 Å². The van der Waals surface area contributed by atoms with Crippen LogP contribution in [0.1, 0.15) is 291 Å². The van der Waals surface area contributed by atoms with E-state index in [1.165, 1.54) is 180 Å². The normalized spacial score (nSPS) is 12.1. The van der Waals surface area contributed by atoms with E-state index in [0.29, 0.717) is 19.3 Å². The quantitative estimate of drug-likeness (QED) is 0.0345. The van der Waals surface area contributed by atoms with Crippen LogP contribution >= 0.6 is 0 Å². The second-order valence-corrected chi connectivity index (χ2v) is 19.1. The second kappa shape index (κ2) is 45.9. The van der Waals surface area contributed by atoms with Crippen LogP contribution in [0.5, 0.6) is 0 Å². The predicted octanol–water partition coefficient (Wildman–Crippen LogP) is 16.9. The van der Waals surface area contributed by atoms with Gasteiger partial charge < -0.3 is 14.2 Å². The maximum Gasteiger partial charge on any atom is 0.306 e. The molecule has 0 fully saturated rings. The number of hydrogen-bond acceptors (Lipinski definition) is 6. The van der Waals surface area contributed by atoms with E-state index in [2.05, 4.69) is 34.6 Å². The Labute approximate surface area is 368 Å². The number of carbonyl (C=O) groups is 3. The SMILES string of the molecule is CCCCCCCCCC(=O)OC[C@@H](COC(=O)CCCCCCCCCCCCCCC(C)C)OC(=O)CCCCCCCCCCCCCCCCCCC(C)C. The van der Waals surface area contributed by atoms with Gasteiger partial charge in [0.1, 0.15) is 13.2 Å². The molecule has 0 aliphatic rings. The van der Waals surface area contributed by atoms with E-state index in [0.717, 1.165) is 69.6 Å². The van der Waals surface area contributed by atoms with E-state index < -0.39 is 6.10 Å². The molecule has 0 radical (unpaired) electrons. The summed E-state index contributed by atoms with van der Waals surface area (Å²) in [6, 6.07) is 0. The zero-order chi connectivity index (χ0) is 43.3. The van der Waals surface area contributed by atoms with Gasteiger partial charge in [0, 0.05) is 19.3 Å². The van der Waals surface area contributed by atoms with E-state index in [4.69, 9.17) is 14.2 Å². The molecule has 1 atom stereocenters. The smallest absolute Gasteiger partial charge is 0.306 e. The van der Waals surface area contributed by atoms with Crippen LogP contribution in [0.25, 0.3) is 0 Å². The summed E-state index contributed by atoms with van der Waals surface area (Å²) in [6.45, 7) is 11.4. The molecule has 0 spiro atoms. The van der Waals surface area contributed by atoms with E-state index in [-0.39, 0.29) is 31.1 Å². The van der Waals surface area contributed by atoms with Crippen LogP contribution in [-0.4, -0.2) is 37.2 Å². The Balaban J connectivity index is 4.18. The summed E-state index contributed by atoms with van der Waals surface area (Å²) < 4.78 is 16.8. The molecule has 6 heteroatoms. The van der Waals surface area contributed by atoms with Crippen molar-refractivity contribution in [2.75, 3.05) is 13.2 Å². The Morgan fingerprint density at radius 3 is 0.831 bits per heavy atom. The first-order valence-corrected chi connectivity index (χ1v) is 26.2. The summed E-state index contributed by atoms with van der Waals surface area (Å²) in [5, 5.41) is 0. The van der Waals surface area contributed by atoms with Crippen LogP contribution in [0.2, 0.25) is 0 Å². The summed E-state index contributed by atoms with van der Waals surface area (Å²) in [4.78, 5) is 37.8. The molecule has 0 bridgehead atoms. The van der Waals surface area contributed by atoms with Crippen LogP contribution in [0, 0.1) is 11.8 Å². The first-order chi connectivity index (χ1) is 28.7. The zero-order valence-electron chi connectivity index (χ0n) is 40.4. The highest BCUT2D eigenvalue weighted by Gasteiger charge is 2.19. The van der Waals surface area contributed by atoms with E-state index in [1.54, 1.807) is 0 Å². The minimum absolute atomic E-state index is 0.0639. The molecule has 0 saturated heterocycles. The van der Waals surface area contributed by atoms with Crippen molar-refractivity contribution in [3.63, 3.8) is 0 Å². The second-order valence-electron chi connectivity index (χ2n) is 19.1. The molecule has 0 N–H and O–H groups in total. The summed E-state index contributed by atoms with van der Waals surface area (Å²) in [5.41, 5.74) is 0. The van der Waals surface area contributed by atoms with Crippen molar-refractivity contribution < 1.29 is 28.6 Å². The average molecular weight is 835 g/mol. The molecular weight excluding hydrogens is 733 g/mol. The largest absolute Gasteiger partial charge is 0.462 e. The summed E-state index contributed by atoms with van der Waals surface area (Å²) in [7, 11) is 0. The molecule has 0 aliphatic heterocycles. The summed E-state index contributed by atoms with van der Waals surface area (Å²) in [5.74, 6) is 0.832. The van der Waals surface area contributed by atoms with Crippen LogP contribution in [-0.2, 0) is 28.6 Å². The number of esters is 3. The van der Waals surface area contributed by atoms with Crippen molar-refractivity contribution in [3.05, 3.63) is 0 Å². The summed E-state index contributed by atoms with van der Waals surface area (Å²) in [6.07, 6.45) is 46.8. The van der Waals surface area contributed by atoms with Gasteiger partial charge in [0.2, 0.25) is 0 Å². The molecule has 350 valence electrons. The summed E-state index contributed by atoms with van der Waals surface area (Å²) >= 11 is 0. The number of unbranched alkanes of at least 4 members (excludes halogenated alkanes) is 32. The zero-order valence-corrected chi connectivity index (χ0v) is 40.4. The van der Waals surface area contributed by atoms with Crippen LogP contribution in [0.4, 0.5) is 0 Å². The third-order valence-electron chi connectivity index (χ3n) is 12.0. The minimum atomic E-state index is -0.760. The molecule has 59 heavy (non-hydrogen) atoms. The molecule has 0 unspecified atom stereocenters. The van der Waals surface area contributed by atoms with Gasteiger partial charge in [0.15, 0.2) is 6.10 Å². The molecule has 0 rings (SSSR count). The molecule has 0 aromatic carbocycles. The van der Waals surface area contributed by atoms with Gasteiger partial charge in [-0.1, -0.05) is 253 Å². The van der Waals surface area contributed by atoms with Gasteiger partial charge >= 0.3 is 17.9 Å². The van der Waals surface area contributed by atoms with Gasteiger partial charge in [-0.25, -0.2) is 0 Å². The Morgan fingerprint density at radius 2 is 0.559 bits per heavy atom. The van der Waals surface area contributed by atoms with Crippen molar-refractivity contribution >= 4 is 17.9 Å². The van der Waals surface area contributed by atoms with Gasteiger partial charge in [-0.3, -0.25) is 14.4 Å². The van der Waals surface area contributed by atoms with Gasteiger partial charge in [-0.2, -0.15) is 0 Å². The van der Waals surface area contributed by atoms with E-state index >= 15 is 0 Å². The fraction of sp³-hybridized carbons (Fsp3) is 0.943. The molecular formula is C53H102O6. The fourth-order valence-electron chi connectivity index (χ4n) is 7.99. The monoisotopic (exact) mass is 835 g/mol. The van der Waals surface area contributed by atoms with Crippen molar-refractivity contribution in [2.45, 2.75) is 298 Å². The third-order valence-corrected chi connectivity index (χ3v) is 12.0. The molecule has 0 aliphatic carbocycles. The minimum Gasteiger partial charge on any atom is -0.462 e. The molecule has 6 nitrogen and oxygen atoms in total. The first-order valence-electron chi connectivity index (χ1n) is 26.2. The van der Waals surface area contributed by atoms with Crippen molar-refractivity contribution in [1.29, 1.82) is 0 Å². The number of hydrogen-bond donors (Lipinski definition) is 0.